The lowest BCUT2D eigenvalue weighted by Crippen LogP contribution is -2.35. The van der Waals surface area contributed by atoms with E-state index in [1.54, 1.807) is 54.8 Å². The lowest BCUT2D eigenvalue weighted by atomic mass is 9.98. The Balaban J connectivity index is 1.78. The average Bonchev–Trinajstić information content (AvgIpc) is 3.22. The fourth-order valence-electron chi connectivity index (χ4n) is 2.93. The molecule has 0 aliphatic carbocycles. The summed E-state index contributed by atoms with van der Waals surface area (Å²) < 4.78 is 5.47. The molecule has 3 aromatic rings. The molecule has 0 radical (unpaired) electrons. The lowest BCUT2D eigenvalue weighted by molar-refractivity contribution is 0.0929. The molecule has 0 fully saturated rings. The molecular formula is C22H22N2O3. The van der Waals surface area contributed by atoms with Gasteiger partial charge in [0.25, 0.3) is 5.91 Å². The molecule has 0 aliphatic rings. The van der Waals surface area contributed by atoms with Crippen molar-refractivity contribution in [3.63, 3.8) is 0 Å². The zero-order valence-corrected chi connectivity index (χ0v) is 15.4. The molecule has 27 heavy (non-hydrogen) atoms. The van der Waals surface area contributed by atoms with Gasteiger partial charge in [-0.2, -0.15) is 0 Å². The van der Waals surface area contributed by atoms with E-state index in [0.717, 1.165) is 5.76 Å². The minimum atomic E-state index is -0.284. The van der Waals surface area contributed by atoms with Gasteiger partial charge in [-0.05, 0) is 32.3 Å². The van der Waals surface area contributed by atoms with Gasteiger partial charge in [0.2, 0.25) is 0 Å². The minimum absolute atomic E-state index is 0.0964. The maximum atomic E-state index is 12.8. The number of hydrogen-bond acceptors (Lipinski definition) is 4. The fourth-order valence-corrected chi connectivity index (χ4v) is 2.93. The summed E-state index contributed by atoms with van der Waals surface area (Å²) in [6, 6.07) is 19.4. The maximum absolute atomic E-state index is 12.8. The third-order valence-corrected chi connectivity index (χ3v) is 4.40. The van der Waals surface area contributed by atoms with Gasteiger partial charge in [0.1, 0.15) is 5.76 Å². The molecule has 0 spiro atoms. The van der Waals surface area contributed by atoms with Crippen LogP contribution in [0.2, 0.25) is 0 Å². The van der Waals surface area contributed by atoms with Crippen LogP contribution in [-0.4, -0.2) is 37.2 Å². The third kappa shape index (κ3) is 4.33. The fraction of sp³-hybridized carbons (Fsp3) is 0.182. The standard InChI is InChI=1S/C22H22N2O3/c1-24(2)19(20-13-8-14-27-20)15-23-22(26)18-12-7-6-11-17(18)21(25)16-9-4-3-5-10-16/h3-14,19H,15H2,1-2H3,(H,23,26). The number of hydrogen-bond donors (Lipinski definition) is 1. The molecule has 0 bridgehead atoms. The first-order valence-corrected chi connectivity index (χ1v) is 8.74. The summed E-state index contributed by atoms with van der Waals surface area (Å²) in [6.07, 6.45) is 1.61. The first kappa shape index (κ1) is 18.6. The van der Waals surface area contributed by atoms with Crippen molar-refractivity contribution in [2.75, 3.05) is 20.6 Å². The molecule has 0 saturated heterocycles. The highest BCUT2D eigenvalue weighted by atomic mass is 16.3. The zero-order chi connectivity index (χ0) is 19.2. The van der Waals surface area contributed by atoms with Gasteiger partial charge < -0.3 is 9.73 Å². The molecule has 5 nitrogen and oxygen atoms in total. The molecular weight excluding hydrogens is 340 g/mol. The van der Waals surface area contributed by atoms with Gasteiger partial charge in [0.15, 0.2) is 5.78 Å². The number of likely N-dealkylation sites (N-methyl/N-ethyl adjacent to an activating group) is 1. The van der Waals surface area contributed by atoms with Crippen molar-refractivity contribution in [3.05, 3.63) is 95.4 Å². The molecule has 1 N–H and O–H groups in total. The Bertz CT molecular complexity index is 902. The van der Waals surface area contributed by atoms with Crippen molar-refractivity contribution in [1.29, 1.82) is 0 Å². The molecule has 138 valence electrons. The molecule has 1 atom stereocenters. The average molecular weight is 362 g/mol. The van der Waals surface area contributed by atoms with Crippen molar-refractivity contribution in [2.24, 2.45) is 0 Å². The Morgan fingerprint density at radius 1 is 0.926 bits per heavy atom. The molecule has 1 unspecified atom stereocenters. The largest absolute Gasteiger partial charge is 0.468 e. The maximum Gasteiger partial charge on any atom is 0.252 e. The van der Waals surface area contributed by atoms with Gasteiger partial charge in [-0.15, -0.1) is 0 Å². The second-order valence-corrected chi connectivity index (χ2v) is 6.45. The molecule has 1 heterocycles. The topological polar surface area (TPSA) is 62.6 Å². The predicted octanol–water partition coefficient (Wildman–Crippen LogP) is 3.54. The van der Waals surface area contributed by atoms with Gasteiger partial charge in [-0.3, -0.25) is 14.5 Å². The van der Waals surface area contributed by atoms with Crippen LogP contribution < -0.4 is 5.32 Å². The summed E-state index contributed by atoms with van der Waals surface area (Å²) in [4.78, 5) is 27.6. The Morgan fingerprint density at radius 3 is 2.22 bits per heavy atom. The Labute approximate surface area is 158 Å². The van der Waals surface area contributed by atoms with E-state index in [1.807, 2.05) is 37.2 Å². The molecule has 3 rings (SSSR count). The van der Waals surface area contributed by atoms with E-state index < -0.39 is 0 Å². The summed E-state index contributed by atoms with van der Waals surface area (Å²) in [5, 5.41) is 2.92. The molecule has 1 aromatic heterocycles. The number of benzene rings is 2. The first-order valence-electron chi connectivity index (χ1n) is 8.74. The van der Waals surface area contributed by atoms with Crippen molar-refractivity contribution >= 4 is 11.7 Å². The van der Waals surface area contributed by atoms with Crippen LogP contribution in [0.1, 0.15) is 38.1 Å². The van der Waals surface area contributed by atoms with Crippen LogP contribution in [0.15, 0.2) is 77.4 Å². The highest BCUT2D eigenvalue weighted by Crippen LogP contribution is 2.19. The van der Waals surface area contributed by atoms with E-state index in [2.05, 4.69) is 5.32 Å². The van der Waals surface area contributed by atoms with Crippen LogP contribution in [-0.2, 0) is 0 Å². The monoisotopic (exact) mass is 362 g/mol. The summed E-state index contributed by atoms with van der Waals surface area (Å²) in [7, 11) is 3.85. The molecule has 1 amide bonds. The molecule has 5 heteroatoms. The summed E-state index contributed by atoms with van der Waals surface area (Å²) in [5.41, 5.74) is 1.31. The van der Waals surface area contributed by atoms with Crippen molar-refractivity contribution in [3.8, 4) is 0 Å². The lowest BCUT2D eigenvalue weighted by Gasteiger charge is -2.22. The smallest absolute Gasteiger partial charge is 0.252 e. The van der Waals surface area contributed by atoms with E-state index in [4.69, 9.17) is 4.42 Å². The summed E-state index contributed by atoms with van der Waals surface area (Å²) in [6.45, 7) is 0.368. The number of amides is 1. The van der Waals surface area contributed by atoms with Crippen LogP contribution in [0.4, 0.5) is 0 Å². The van der Waals surface area contributed by atoms with Gasteiger partial charge in [0, 0.05) is 17.7 Å². The number of rotatable bonds is 7. The first-order chi connectivity index (χ1) is 13.1. The highest BCUT2D eigenvalue weighted by Gasteiger charge is 2.21. The number of ketones is 1. The van der Waals surface area contributed by atoms with E-state index in [9.17, 15) is 9.59 Å². The van der Waals surface area contributed by atoms with Gasteiger partial charge in [0.05, 0.1) is 17.9 Å². The number of furan rings is 1. The van der Waals surface area contributed by atoms with Gasteiger partial charge in [-0.25, -0.2) is 0 Å². The van der Waals surface area contributed by atoms with E-state index in [-0.39, 0.29) is 17.7 Å². The third-order valence-electron chi connectivity index (χ3n) is 4.40. The van der Waals surface area contributed by atoms with Gasteiger partial charge in [-0.1, -0.05) is 48.5 Å². The van der Waals surface area contributed by atoms with Gasteiger partial charge >= 0.3 is 0 Å². The highest BCUT2D eigenvalue weighted by molar-refractivity contribution is 6.15. The molecule has 2 aromatic carbocycles. The van der Waals surface area contributed by atoms with Crippen LogP contribution >= 0.6 is 0 Å². The van der Waals surface area contributed by atoms with Crippen molar-refractivity contribution in [2.45, 2.75) is 6.04 Å². The van der Waals surface area contributed by atoms with E-state index in [1.165, 1.54) is 0 Å². The number of carbonyl (C=O) groups is 2. The normalized spacial score (nSPS) is 12.0. The quantitative estimate of drug-likeness (QED) is 0.653. The van der Waals surface area contributed by atoms with E-state index >= 15 is 0 Å². The van der Waals surface area contributed by atoms with Crippen molar-refractivity contribution < 1.29 is 14.0 Å². The number of carbonyl (C=O) groups excluding carboxylic acids is 2. The summed E-state index contributed by atoms with van der Waals surface area (Å²) >= 11 is 0. The van der Waals surface area contributed by atoms with Crippen molar-refractivity contribution in [1.82, 2.24) is 10.2 Å². The SMILES string of the molecule is CN(C)C(CNC(=O)c1ccccc1C(=O)c1ccccc1)c1ccco1. The van der Waals surface area contributed by atoms with Crippen LogP contribution in [0.25, 0.3) is 0 Å². The number of nitrogens with zero attached hydrogens (tertiary/aromatic N) is 1. The molecule has 0 saturated carbocycles. The van der Waals surface area contributed by atoms with E-state index in [0.29, 0.717) is 23.2 Å². The predicted molar refractivity (Wildman–Crippen MR) is 104 cm³/mol. The second kappa shape index (κ2) is 8.47. The Hall–Kier alpha value is -3.18. The Kier molecular flexibility index (Phi) is 5.84. The molecule has 0 aliphatic heterocycles. The van der Waals surface area contributed by atoms with Crippen LogP contribution in [0.5, 0.6) is 0 Å². The zero-order valence-electron chi connectivity index (χ0n) is 15.4. The van der Waals surface area contributed by atoms with Crippen LogP contribution in [0, 0.1) is 0 Å². The van der Waals surface area contributed by atoms with Crippen LogP contribution in [0.3, 0.4) is 0 Å². The minimum Gasteiger partial charge on any atom is -0.468 e. The number of nitrogens with one attached hydrogen (secondary N) is 1. The summed E-state index contributed by atoms with van der Waals surface area (Å²) in [5.74, 6) is 0.318. The Morgan fingerprint density at radius 2 is 1.59 bits per heavy atom. The second-order valence-electron chi connectivity index (χ2n) is 6.45.